The number of hydrogen-bond donors (Lipinski definition) is 1. The van der Waals surface area contributed by atoms with Crippen LogP contribution < -0.4 is 5.32 Å². The van der Waals surface area contributed by atoms with E-state index in [4.69, 9.17) is 0 Å². The molecule has 16 heavy (non-hydrogen) atoms. The van der Waals surface area contributed by atoms with Crippen molar-refractivity contribution in [1.29, 1.82) is 0 Å². The van der Waals surface area contributed by atoms with Crippen LogP contribution in [0.25, 0.3) is 0 Å². The summed E-state index contributed by atoms with van der Waals surface area (Å²) in [6, 6.07) is 0.731. The Labute approximate surface area is 102 Å². The molecular weight excluding hydrogens is 216 g/mol. The Hall–Kier alpha value is -0.410. The summed E-state index contributed by atoms with van der Waals surface area (Å²) in [7, 11) is 0. The van der Waals surface area contributed by atoms with Gasteiger partial charge < -0.3 is 5.32 Å². The summed E-state index contributed by atoms with van der Waals surface area (Å²) in [5.74, 6) is 0. The third-order valence-corrected chi connectivity index (χ3v) is 4.43. The van der Waals surface area contributed by atoms with Gasteiger partial charge in [-0.1, -0.05) is 13.8 Å². The van der Waals surface area contributed by atoms with E-state index >= 15 is 0 Å². The topological polar surface area (TPSA) is 24.9 Å². The van der Waals surface area contributed by atoms with Crippen molar-refractivity contribution in [3.05, 3.63) is 16.1 Å². The van der Waals surface area contributed by atoms with Crippen LogP contribution in [0.15, 0.2) is 5.38 Å². The SMILES string of the molecule is CCNC1CCC(C)(Cc2csc(C)n2)C1. The minimum atomic E-state index is 0.466. The highest BCUT2D eigenvalue weighted by atomic mass is 32.1. The molecular formula is C13H22N2S. The van der Waals surface area contributed by atoms with E-state index in [-0.39, 0.29) is 0 Å². The van der Waals surface area contributed by atoms with Gasteiger partial charge >= 0.3 is 0 Å². The fourth-order valence-electron chi connectivity index (χ4n) is 2.87. The summed E-state index contributed by atoms with van der Waals surface area (Å²) in [5, 5.41) is 6.99. The molecule has 2 nitrogen and oxygen atoms in total. The van der Waals surface area contributed by atoms with Crippen LogP contribution in [0.1, 0.15) is 43.8 Å². The largest absolute Gasteiger partial charge is 0.314 e. The standard InChI is InChI=1S/C13H22N2S/c1-4-14-11-5-6-13(3,7-11)8-12-9-16-10(2)15-12/h9,11,14H,4-8H2,1-3H3. The lowest BCUT2D eigenvalue weighted by atomic mass is 9.84. The quantitative estimate of drug-likeness (QED) is 0.871. The minimum absolute atomic E-state index is 0.466. The summed E-state index contributed by atoms with van der Waals surface area (Å²) in [6.45, 7) is 7.79. The lowest BCUT2D eigenvalue weighted by Crippen LogP contribution is -2.28. The van der Waals surface area contributed by atoms with Crippen molar-refractivity contribution in [2.75, 3.05) is 6.54 Å². The van der Waals surface area contributed by atoms with Gasteiger partial charge in [-0.15, -0.1) is 11.3 Å². The predicted molar refractivity (Wildman–Crippen MR) is 70.0 cm³/mol. The first-order chi connectivity index (χ1) is 7.61. The van der Waals surface area contributed by atoms with Crippen LogP contribution in [0.5, 0.6) is 0 Å². The highest BCUT2D eigenvalue weighted by molar-refractivity contribution is 7.09. The number of thiazole rings is 1. The monoisotopic (exact) mass is 238 g/mol. The molecule has 3 heteroatoms. The molecule has 1 N–H and O–H groups in total. The molecule has 0 amide bonds. The molecule has 1 fully saturated rings. The Kier molecular flexibility index (Phi) is 3.65. The third kappa shape index (κ3) is 2.83. The van der Waals surface area contributed by atoms with Gasteiger partial charge in [0.25, 0.3) is 0 Å². The number of aryl methyl sites for hydroxylation is 1. The summed E-state index contributed by atoms with van der Waals surface area (Å²) >= 11 is 1.77. The van der Waals surface area contributed by atoms with Crippen molar-refractivity contribution in [1.82, 2.24) is 10.3 Å². The van der Waals surface area contributed by atoms with E-state index in [2.05, 4.69) is 36.5 Å². The zero-order chi connectivity index (χ0) is 11.6. The molecule has 1 saturated carbocycles. The Bertz CT molecular complexity index is 347. The molecule has 0 aromatic carbocycles. The predicted octanol–water partition coefficient (Wildman–Crippen LogP) is 3.16. The molecule has 2 unspecified atom stereocenters. The van der Waals surface area contributed by atoms with Gasteiger partial charge in [0.1, 0.15) is 0 Å². The summed E-state index contributed by atoms with van der Waals surface area (Å²) in [4.78, 5) is 4.59. The van der Waals surface area contributed by atoms with Gasteiger partial charge in [0.15, 0.2) is 0 Å². The van der Waals surface area contributed by atoms with Crippen molar-refractivity contribution < 1.29 is 0 Å². The smallest absolute Gasteiger partial charge is 0.0897 e. The van der Waals surface area contributed by atoms with Gasteiger partial charge in [-0.3, -0.25) is 0 Å². The highest BCUT2D eigenvalue weighted by Crippen LogP contribution is 2.40. The molecule has 1 heterocycles. The van der Waals surface area contributed by atoms with E-state index < -0.39 is 0 Å². The minimum Gasteiger partial charge on any atom is -0.314 e. The normalized spacial score (nSPS) is 29.8. The van der Waals surface area contributed by atoms with Crippen molar-refractivity contribution in [2.24, 2.45) is 5.41 Å². The molecule has 2 atom stereocenters. The number of rotatable bonds is 4. The maximum absolute atomic E-state index is 4.59. The Morgan fingerprint density at radius 2 is 2.44 bits per heavy atom. The fraction of sp³-hybridized carbons (Fsp3) is 0.769. The van der Waals surface area contributed by atoms with Crippen LogP contribution in [0.2, 0.25) is 0 Å². The first kappa shape index (κ1) is 12.1. The average molecular weight is 238 g/mol. The summed E-state index contributed by atoms with van der Waals surface area (Å²) < 4.78 is 0. The molecule has 1 aromatic rings. The van der Waals surface area contributed by atoms with E-state index in [0.717, 1.165) is 19.0 Å². The molecule has 0 saturated heterocycles. The van der Waals surface area contributed by atoms with Crippen LogP contribution in [-0.4, -0.2) is 17.6 Å². The average Bonchev–Trinajstić information content (AvgIpc) is 2.75. The molecule has 1 aromatic heterocycles. The van der Waals surface area contributed by atoms with E-state index in [1.165, 1.54) is 30.0 Å². The molecule has 0 aliphatic heterocycles. The van der Waals surface area contributed by atoms with Crippen molar-refractivity contribution in [2.45, 2.75) is 52.5 Å². The Balaban J connectivity index is 1.94. The second-order valence-electron chi connectivity index (χ2n) is 5.34. The van der Waals surface area contributed by atoms with Crippen molar-refractivity contribution in [3.8, 4) is 0 Å². The fourth-order valence-corrected chi connectivity index (χ4v) is 3.48. The van der Waals surface area contributed by atoms with E-state index in [9.17, 15) is 0 Å². The molecule has 0 bridgehead atoms. The first-order valence-corrected chi connectivity index (χ1v) is 7.14. The van der Waals surface area contributed by atoms with E-state index in [1.807, 2.05) is 0 Å². The van der Waals surface area contributed by atoms with Gasteiger partial charge in [0.05, 0.1) is 10.7 Å². The Morgan fingerprint density at radius 1 is 1.62 bits per heavy atom. The van der Waals surface area contributed by atoms with Crippen LogP contribution in [0, 0.1) is 12.3 Å². The van der Waals surface area contributed by atoms with Gasteiger partial charge in [-0.05, 0) is 44.6 Å². The Morgan fingerprint density at radius 3 is 3.06 bits per heavy atom. The maximum atomic E-state index is 4.59. The highest BCUT2D eigenvalue weighted by Gasteiger charge is 2.35. The van der Waals surface area contributed by atoms with Crippen LogP contribution in [0.4, 0.5) is 0 Å². The molecule has 2 rings (SSSR count). The van der Waals surface area contributed by atoms with Gasteiger partial charge in [0.2, 0.25) is 0 Å². The second kappa shape index (κ2) is 4.84. The van der Waals surface area contributed by atoms with Crippen molar-refractivity contribution in [3.63, 3.8) is 0 Å². The lowest BCUT2D eigenvalue weighted by molar-refractivity contribution is 0.320. The molecule has 0 spiro atoms. The van der Waals surface area contributed by atoms with Gasteiger partial charge in [0, 0.05) is 11.4 Å². The zero-order valence-corrected chi connectivity index (χ0v) is 11.4. The lowest BCUT2D eigenvalue weighted by Gasteiger charge is -2.23. The summed E-state index contributed by atoms with van der Waals surface area (Å²) in [5.41, 5.74) is 1.76. The molecule has 90 valence electrons. The van der Waals surface area contributed by atoms with Crippen molar-refractivity contribution >= 4 is 11.3 Å². The van der Waals surface area contributed by atoms with Crippen LogP contribution in [-0.2, 0) is 6.42 Å². The number of hydrogen-bond acceptors (Lipinski definition) is 3. The van der Waals surface area contributed by atoms with Crippen LogP contribution >= 0.6 is 11.3 Å². The molecule has 0 radical (unpaired) electrons. The molecule has 1 aliphatic rings. The van der Waals surface area contributed by atoms with Gasteiger partial charge in [-0.2, -0.15) is 0 Å². The van der Waals surface area contributed by atoms with E-state index in [0.29, 0.717) is 5.41 Å². The maximum Gasteiger partial charge on any atom is 0.0897 e. The molecule has 1 aliphatic carbocycles. The summed E-state index contributed by atoms with van der Waals surface area (Å²) in [6.07, 6.45) is 5.12. The number of aromatic nitrogens is 1. The van der Waals surface area contributed by atoms with Crippen LogP contribution in [0.3, 0.4) is 0 Å². The first-order valence-electron chi connectivity index (χ1n) is 6.26. The van der Waals surface area contributed by atoms with E-state index in [1.54, 1.807) is 11.3 Å². The third-order valence-electron chi connectivity index (χ3n) is 3.60. The zero-order valence-electron chi connectivity index (χ0n) is 10.5. The number of nitrogens with one attached hydrogen (secondary N) is 1. The number of nitrogens with zero attached hydrogens (tertiary/aromatic N) is 1. The second-order valence-corrected chi connectivity index (χ2v) is 6.40. The van der Waals surface area contributed by atoms with Gasteiger partial charge in [-0.25, -0.2) is 4.98 Å².